The number of hydrogen-bond acceptors (Lipinski definition) is 8. The summed E-state index contributed by atoms with van der Waals surface area (Å²) >= 11 is 0. The molecule has 0 saturated carbocycles. The van der Waals surface area contributed by atoms with Gasteiger partial charge in [0, 0.05) is 22.5 Å². The van der Waals surface area contributed by atoms with Gasteiger partial charge in [-0.1, -0.05) is 48.5 Å². The first-order valence-corrected chi connectivity index (χ1v) is 12.5. The highest BCUT2D eigenvalue weighted by Crippen LogP contribution is 2.34. The lowest BCUT2D eigenvalue weighted by atomic mass is 10.0. The van der Waals surface area contributed by atoms with Gasteiger partial charge < -0.3 is 20.4 Å². The lowest BCUT2D eigenvalue weighted by Gasteiger charge is -2.24. The van der Waals surface area contributed by atoms with Gasteiger partial charge in [-0.05, 0) is 48.5 Å². The summed E-state index contributed by atoms with van der Waals surface area (Å²) in [5.74, 6) is -5.83. The molecule has 0 bridgehead atoms. The van der Waals surface area contributed by atoms with E-state index in [1.165, 1.54) is 12.1 Å². The second-order valence-corrected chi connectivity index (χ2v) is 9.03. The lowest BCUT2D eigenvalue weighted by molar-refractivity contribution is 0.0651. The van der Waals surface area contributed by atoms with Gasteiger partial charge in [-0.15, -0.1) is 0 Å². The molecular weight excluding hydrogens is 556 g/mol. The van der Waals surface area contributed by atoms with Crippen LogP contribution in [0.5, 0.6) is 0 Å². The molecular formula is C31H20N4O8. The molecule has 0 unspecified atom stereocenters. The van der Waals surface area contributed by atoms with E-state index >= 15 is 0 Å². The van der Waals surface area contributed by atoms with Crippen molar-refractivity contribution in [1.82, 2.24) is 15.0 Å². The molecule has 0 saturated heterocycles. The van der Waals surface area contributed by atoms with Gasteiger partial charge in [0.05, 0.1) is 22.3 Å². The van der Waals surface area contributed by atoms with E-state index in [4.69, 9.17) is 0 Å². The van der Waals surface area contributed by atoms with Crippen molar-refractivity contribution in [3.05, 3.63) is 119 Å². The zero-order chi connectivity index (χ0) is 30.7. The second kappa shape index (κ2) is 11.6. The highest BCUT2D eigenvalue weighted by Gasteiger charge is 2.23. The van der Waals surface area contributed by atoms with Crippen molar-refractivity contribution in [2.75, 3.05) is 4.90 Å². The van der Waals surface area contributed by atoms with Crippen LogP contribution in [0.2, 0.25) is 0 Å². The summed E-state index contributed by atoms with van der Waals surface area (Å²) in [5.41, 5.74) is -0.255. The third-order valence-corrected chi connectivity index (χ3v) is 6.33. The number of para-hydroxylation sites is 2. The zero-order valence-corrected chi connectivity index (χ0v) is 21.9. The average molecular weight is 577 g/mol. The Morgan fingerprint density at radius 3 is 1.19 bits per heavy atom. The maximum absolute atomic E-state index is 11.9. The van der Waals surface area contributed by atoms with E-state index in [1.54, 1.807) is 4.90 Å². The molecule has 4 aromatic carbocycles. The van der Waals surface area contributed by atoms with Crippen LogP contribution in [0.1, 0.15) is 41.4 Å². The Kier molecular flexibility index (Phi) is 7.57. The quantitative estimate of drug-likeness (QED) is 0.173. The highest BCUT2D eigenvalue weighted by molar-refractivity contribution is 6.03. The molecule has 1 heterocycles. The Labute approximate surface area is 242 Å². The number of carboxylic acid groups (broad SMARTS) is 4. The number of benzene rings is 4. The molecule has 0 atom stereocenters. The van der Waals surface area contributed by atoms with Crippen LogP contribution in [0.3, 0.4) is 0 Å². The summed E-state index contributed by atoms with van der Waals surface area (Å²) in [7, 11) is 0. The monoisotopic (exact) mass is 576 g/mol. The SMILES string of the molecule is O=C(O)c1ccc(-c2nc(-c3ccc(C(=O)O)c(C(=O)O)c3)nc(N(c3ccccc3)c3ccccc3)n2)cc1C(=O)O. The molecule has 5 aromatic rings. The molecule has 0 spiro atoms. The predicted molar refractivity (Wildman–Crippen MR) is 153 cm³/mol. The molecule has 5 rings (SSSR count). The van der Waals surface area contributed by atoms with Gasteiger partial charge in [-0.2, -0.15) is 9.97 Å². The van der Waals surface area contributed by atoms with Crippen molar-refractivity contribution in [3.8, 4) is 22.8 Å². The number of nitrogens with zero attached hydrogens (tertiary/aromatic N) is 4. The topological polar surface area (TPSA) is 191 Å². The molecule has 12 nitrogen and oxygen atoms in total. The van der Waals surface area contributed by atoms with Crippen molar-refractivity contribution < 1.29 is 39.6 Å². The number of anilines is 3. The Morgan fingerprint density at radius 2 is 0.837 bits per heavy atom. The third kappa shape index (κ3) is 5.74. The Balaban J connectivity index is 1.80. The summed E-state index contributed by atoms with van der Waals surface area (Å²) in [4.78, 5) is 62.5. The number of hydrogen-bond donors (Lipinski definition) is 4. The molecule has 212 valence electrons. The van der Waals surface area contributed by atoms with Crippen molar-refractivity contribution in [2.45, 2.75) is 0 Å². The smallest absolute Gasteiger partial charge is 0.336 e. The van der Waals surface area contributed by atoms with E-state index in [9.17, 15) is 39.6 Å². The summed E-state index contributed by atoms with van der Waals surface area (Å²) < 4.78 is 0. The van der Waals surface area contributed by atoms with Crippen molar-refractivity contribution in [1.29, 1.82) is 0 Å². The fraction of sp³-hybridized carbons (Fsp3) is 0. The van der Waals surface area contributed by atoms with Gasteiger partial charge in [-0.25, -0.2) is 24.2 Å². The van der Waals surface area contributed by atoms with Gasteiger partial charge in [0.15, 0.2) is 11.6 Å². The number of carbonyl (C=O) groups is 4. The molecule has 0 aliphatic rings. The molecule has 0 fully saturated rings. The highest BCUT2D eigenvalue weighted by atomic mass is 16.4. The average Bonchev–Trinajstić information content (AvgIpc) is 3.01. The molecule has 1 aromatic heterocycles. The fourth-order valence-electron chi connectivity index (χ4n) is 4.35. The molecule has 12 heteroatoms. The first-order chi connectivity index (χ1) is 20.6. The first kappa shape index (κ1) is 28.1. The molecule has 43 heavy (non-hydrogen) atoms. The van der Waals surface area contributed by atoms with Gasteiger partial charge in [-0.3, -0.25) is 4.90 Å². The van der Waals surface area contributed by atoms with Crippen LogP contribution in [0.4, 0.5) is 17.3 Å². The molecule has 0 aliphatic heterocycles. The largest absolute Gasteiger partial charge is 0.478 e. The summed E-state index contributed by atoms with van der Waals surface area (Å²) in [5, 5.41) is 38.3. The van der Waals surface area contributed by atoms with E-state index in [-0.39, 0.29) is 28.7 Å². The van der Waals surface area contributed by atoms with Crippen LogP contribution in [-0.2, 0) is 0 Å². The van der Waals surface area contributed by atoms with E-state index in [1.807, 2.05) is 60.7 Å². The standard InChI is InChI=1S/C31H20N4O8/c36-27(37)21-13-11-17(15-23(21)29(40)41)25-32-26(18-12-14-22(28(38)39)24(16-18)30(42)43)34-31(33-25)35(19-7-3-1-4-8-19)20-9-5-2-6-10-20/h1-16H,(H,36,37)(H,38,39)(H,40,41)(H,42,43). The van der Waals surface area contributed by atoms with Crippen molar-refractivity contribution >= 4 is 41.2 Å². The van der Waals surface area contributed by atoms with Crippen LogP contribution in [0, 0.1) is 0 Å². The Morgan fingerprint density at radius 1 is 0.465 bits per heavy atom. The minimum absolute atomic E-state index is 0.0458. The number of rotatable bonds is 9. The third-order valence-electron chi connectivity index (χ3n) is 6.33. The minimum atomic E-state index is -1.47. The van der Waals surface area contributed by atoms with E-state index in [0.717, 1.165) is 24.3 Å². The van der Waals surface area contributed by atoms with E-state index in [2.05, 4.69) is 15.0 Å². The zero-order valence-electron chi connectivity index (χ0n) is 21.9. The second-order valence-electron chi connectivity index (χ2n) is 9.03. The van der Waals surface area contributed by atoms with Gasteiger partial charge in [0.25, 0.3) is 0 Å². The number of aromatic carboxylic acids is 4. The summed E-state index contributed by atoms with van der Waals surface area (Å²) in [6, 6.07) is 25.3. The van der Waals surface area contributed by atoms with Crippen LogP contribution >= 0.6 is 0 Å². The van der Waals surface area contributed by atoms with Crippen LogP contribution < -0.4 is 4.90 Å². The van der Waals surface area contributed by atoms with Gasteiger partial charge in [0.2, 0.25) is 5.95 Å². The number of aromatic nitrogens is 3. The maximum Gasteiger partial charge on any atom is 0.336 e. The normalized spacial score (nSPS) is 10.6. The maximum atomic E-state index is 11.9. The molecule has 0 radical (unpaired) electrons. The van der Waals surface area contributed by atoms with Gasteiger partial charge >= 0.3 is 23.9 Å². The minimum Gasteiger partial charge on any atom is -0.478 e. The van der Waals surface area contributed by atoms with E-state index in [0.29, 0.717) is 11.4 Å². The summed E-state index contributed by atoms with van der Waals surface area (Å²) in [6.07, 6.45) is 0. The van der Waals surface area contributed by atoms with Crippen molar-refractivity contribution in [2.24, 2.45) is 0 Å². The lowest BCUT2D eigenvalue weighted by Crippen LogP contribution is -2.15. The molecule has 0 aliphatic carbocycles. The summed E-state index contributed by atoms with van der Waals surface area (Å²) in [6.45, 7) is 0. The van der Waals surface area contributed by atoms with Crippen molar-refractivity contribution in [3.63, 3.8) is 0 Å². The van der Waals surface area contributed by atoms with E-state index < -0.39 is 46.1 Å². The Bertz CT molecular complexity index is 1760. The first-order valence-electron chi connectivity index (χ1n) is 12.5. The van der Waals surface area contributed by atoms with Gasteiger partial charge in [0.1, 0.15) is 0 Å². The fourth-order valence-corrected chi connectivity index (χ4v) is 4.35. The van der Waals surface area contributed by atoms with Crippen LogP contribution in [-0.4, -0.2) is 59.3 Å². The predicted octanol–water partition coefficient (Wildman–Crippen LogP) is 5.47. The molecule has 0 amide bonds. The van der Waals surface area contributed by atoms with Crippen LogP contribution in [0.15, 0.2) is 97.1 Å². The molecule has 4 N–H and O–H groups in total. The number of carboxylic acids is 4. The van der Waals surface area contributed by atoms with Crippen LogP contribution in [0.25, 0.3) is 22.8 Å². The Hall–Kier alpha value is -6.43.